The molecule has 1 aliphatic rings. The number of fused-ring (bicyclic) bond motifs is 1. The van der Waals surface area contributed by atoms with Gasteiger partial charge < -0.3 is 5.11 Å². The number of pyridine rings is 1. The van der Waals surface area contributed by atoms with Crippen LogP contribution in [0, 0.1) is 0 Å². The van der Waals surface area contributed by atoms with E-state index in [2.05, 4.69) is 4.98 Å². The molecule has 0 spiro atoms. The Hall–Kier alpha value is -1.56. The summed E-state index contributed by atoms with van der Waals surface area (Å²) in [6.45, 7) is 0. The van der Waals surface area contributed by atoms with Crippen LogP contribution in [0.4, 0.5) is 0 Å². The molecule has 3 rings (SSSR count). The fourth-order valence-electron chi connectivity index (χ4n) is 2.47. The summed E-state index contributed by atoms with van der Waals surface area (Å²) in [5.41, 5.74) is 0.859. The first-order chi connectivity index (χ1) is 8.56. The Balaban J connectivity index is 1.98. The van der Waals surface area contributed by atoms with Crippen molar-refractivity contribution in [2.75, 3.05) is 5.75 Å². The van der Waals surface area contributed by atoms with Crippen molar-refractivity contribution in [3.05, 3.63) is 30.4 Å². The van der Waals surface area contributed by atoms with Crippen LogP contribution in [0.5, 0.6) is 5.75 Å². The van der Waals surface area contributed by atoms with Crippen LogP contribution in [0.25, 0.3) is 5.52 Å². The van der Waals surface area contributed by atoms with Crippen LogP contribution in [-0.2, 0) is 16.3 Å². The van der Waals surface area contributed by atoms with Crippen LogP contribution < -0.4 is 0 Å². The average molecular weight is 266 g/mol. The van der Waals surface area contributed by atoms with E-state index in [9.17, 15) is 13.5 Å². The van der Waals surface area contributed by atoms with Crippen LogP contribution in [0.2, 0.25) is 0 Å². The first-order valence-corrected chi connectivity index (χ1v) is 7.64. The highest BCUT2D eigenvalue weighted by Gasteiger charge is 2.32. The third-order valence-corrected chi connectivity index (χ3v) is 5.74. The van der Waals surface area contributed by atoms with Gasteiger partial charge in [-0.05, 0) is 25.0 Å². The third-order valence-electron chi connectivity index (χ3n) is 3.46. The monoisotopic (exact) mass is 266 g/mol. The van der Waals surface area contributed by atoms with Gasteiger partial charge in [0, 0.05) is 6.42 Å². The maximum Gasteiger partial charge on any atom is 0.153 e. The fraction of sp³-hybridized carbons (Fsp3) is 0.417. The zero-order valence-electron chi connectivity index (χ0n) is 9.78. The Morgan fingerprint density at radius 1 is 1.44 bits per heavy atom. The first-order valence-electron chi connectivity index (χ1n) is 5.93. The molecule has 6 heteroatoms. The quantitative estimate of drug-likeness (QED) is 0.885. The van der Waals surface area contributed by atoms with E-state index in [0.717, 1.165) is 11.9 Å². The molecule has 96 valence electrons. The second kappa shape index (κ2) is 3.98. The van der Waals surface area contributed by atoms with Gasteiger partial charge in [0.1, 0.15) is 11.6 Å². The molecule has 1 atom stereocenters. The Kier molecular flexibility index (Phi) is 2.55. The fourth-order valence-corrected chi connectivity index (χ4v) is 4.31. The molecule has 18 heavy (non-hydrogen) atoms. The summed E-state index contributed by atoms with van der Waals surface area (Å²) in [6.07, 6.45) is 5.12. The van der Waals surface area contributed by atoms with Gasteiger partial charge in [-0.15, -0.1) is 0 Å². The predicted molar refractivity (Wildman–Crippen MR) is 67.4 cm³/mol. The normalized spacial score (nSPS) is 22.6. The highest BCUT2D eigenvalue weighted by atomic mass is 32.2. The molecule has 2 aromatic heterocycles. The van der Waals surface area contributed by atoms with Gasteiger partial charge in [0.05, 0.1) is 28.9 Å². The lowest BCUT2D eigenvalue weighted by Crippen LogP contribution is -2.19. The molecule has 1 fully saturated rings. The maximum atomic E-state index is 11.8. The van der Waals surface area contributed by atoms with Gasteiger partial charge >= 0.3 is 0 Å². The molecule has 1 saturated heterocycles. The minimum atomic E-state index is -2.96. The summed E-state index contributed by atoms with van der Waals surface area (Å²) in [4.78, 5) is 4.25. The van der Waals surface area contributed by atoms with Crippen LogP contribution in [0.15, 0.2) is 24.5 Å². The molecular weight excluding hydrogens is 252 g/mol. The van der Waals surface area contributed by atoms with Crippen LogP contribution >= 0.6 is 0 Å². The zero-order valence-corrected chi connectivity index (χ0v) is 10.6. The Morgan fingerprint density at radius 3 is 3.00 bits per heavy atom. The molecule has 2 aromatic rings. The molecule has 0 radical (unpaired) electrons. The maximum absolute atomic E-state index is 11.8. The van der Waals surface area contributed by atoms with Crippen molar-refractivity contribution in [1.82, 2.24) is 9.38 Å². The van der Waals surface area contributed by atoms with Gasteiger partial charge in [-0.3, -0.25) is 4.40 Å². The van der Waals surface area contributed by atoms with E-state index in [1.165, 1.54) is 0 Å². The molecule has 0 aromatic carbocycles. The number of hydrogen-bond donors (Lipinski definition) is 1. The summed E-state index contributed by atoms with van der Waals surface area (Å²) in [6, 6.07) is 3.35. The van der Waals surface area contributed by atoms with Crippen molar-refractivity contribution < 1.29 is 13.5 Å². The van der Waals surface area contributed by atoms with Crippen molar-refractivity contribution in [2.24, 2.45) is 0 Å². The molecular formula is C12H14N2O3S. The number of aromatic hydroxyl groups is 1. The Labute approximate surface area is 105 Å². The molecule has 0 bridgehead atoms. The standard InChI is InChI=1S/C12H14N2O3S/c15-10-4-3-9-7-13-12(14(9)8-10)6-11-2-1-5-18(11,16)17/h3-4,7-8,11,15H,1-2,5-6H2. The van der Waals surface area contributed by atoms with Crippen LogP contribution in [0.1, 0.15) is 18.7 Å². The minimum Gasteiger partial charge on any atom is -0.506 e. The van der Waals surface area contributed by atoms with E-state index in [0.29, 0.717) is 18.7 Å². The molecule has 1 unspecified atom stereocenters. The van der Waals surface area contributed by atoms with Crippen LogP contribution in [-0.4, -0.2) is 33.9 Å². The van der Waals surface area contributed by atoms with Gasteiger partial charge in [-0.1, -0.05) is 0 Å². The number of aromatic nitrogens is 2. The summed E-state index contributed by atoms with van der Waals surface area (Å²) in [7, 11) is -2.96. The largest absolute Gasteiger partial charge is 0.506 e. The van der Waals surface area contributed by atoms with Crippen molar-refractivity contribution in [3.8, 4) is 5.75 Å². The number of imidazole rings is 1. The van der Waals surface area contributed by atoms with E-state index in [-0.39, 0.29) is 16.8 Å². The molecule has 0 aliphatic carbocycles. The van der Waals surface area contributed by atoms with Crippen molar-refractivity contribution in [2.45, 2.75) is 24.5 Å². The first kappa shape index (κ1) is 11.5. The van der Waals surface area contributed by atoms with Gasteiger partial charge in [0.25, 0.3) is 0 Å². The highest BCUT2D eigenvalue weighted by Crippen LogP contribution is 2.24. The van der Waals surface area contributed by atoms with E-state index >= 15 is 0 Å². The third kappa shape index (κ3) is 1.86. The lowest BCUT2D eigenvalue weighted by atomic mass is 10.2. The van der Waals surface area contributed by atoms with Gasteiger partial charge in [0.2, 0.25) is 0 Å². The number of rotatable bonds is 2. The lowest BCUT2D eigenvalue weighted by Gasteiger charge is -2.08. The van der Waals surface area contributed by atoms with E-state index in [1.54, 1.807) is 28.9 Å². The zero-order chi connectivity index (χ0) is 12.8. The molecule has 1 aliphatic heterocycles. The van der Waals surface area contributed by atoms with E-state index < -0.39 is 9.84 Å². The Bertz CT molecular complexity index is 690. The lowest BCUT2D eigenvalue weighted by molar-refractivity contribution is 0.471. The SMILES string of the molecule is O=S1(=O)CCCC1Cc1ncc2ccc(O)cn12. The summed E-state index contributed by atoms with van der Waals surface area (Å²) in [5.74, 6) is 1.12. The number of nitrogens with zero attached hydrogens (tertiary/aromatic N) is 2. The number of sulfone groups is 1. The predicted octanol–water partition coefficient (Wildman–Crippen LogP) is 1.16. The second-order valence-corrected chi connectivity index (χ2v) is 7.09. The highest BCUT2D eigenvalue weighted by molar-refractivity contribution is 7.92. The second-order valence-electron chi connectivity index (χ2n) is 4.69. The van der Waals surface area contributed by atoms with Gasteiger partial charge in [0.15, 0.2) is 9.84 Å². The molecule has 5 nitrogen and oxygen atoms in total. The average Bonchev–Trinajstić information content (AvgIpc) is 2.84. The van der Waals surface area contributed by atoms with Gasteiger partial charge in [-0.25, -0.2) is 13.4 Å². The molecule has 0 saturated carbocycles. The Morgan fingerprint density at radius 2 is 2.28 bits per heavy atom. The van der Waals surface area contributed by atoms with Crippen molar-refractivity contribution in [3.63, 3.8) is 0 Å². The molecule has 0 amide bonds. The summed E-state index contributed by atoms with van der Waals surface area (Å²) < 4.78 is 25.4. The topological polar surface area (TPSA) is 71.7 Å². The summed E-state index contributed by atoms with van der Waals surface area (Å²) in [5, 5.41) is 9.14. The number of hydrogen-bond acceptors (Lipinski definition) is 4. The van der Waals surface area contributed by atoms with Crippen molar-refractivity contribution >= 4 is 15.4 Å². The van der Waals surface area contributed by atoms with Crippen LogP contribution in [0.3, 0.4) is 0 Å². The van der Waals surface area contributed by atoms with Crippen molar-refractivity contribution in [1.29, 1.82) is 0 Å². The van der Waals surface area contributed by atoms with Gasteiger partial charge in [-0.2, -0.15) is 0 Å². The smallest absolute Gasteiger partial charge is 0.153 e. The molecule has 1 N–H and O–H groups in total. The summed E-state index contributed by atoms with van der Waals surface area (Å²) >= 11 is 0. The van der Waals surface area contributed by atoms with E-state index in [1.807, 2.05) is 0 Å². The van der Waals surface area contributed by atoms with E-state index in [4.69, 9.17) is 0 Å². The minimum absolute atomic E-state index is 0.149. The molecule has 3 heterocycles.